The van der Waals surface area contributed by atoms with Gasteiger partial charge in [0.2, 0.25) is 0 Å². The summed E-state index contributed by atoms with van der Waals surface area (Å²) in [5.41, 5.74) is 0.983. The van der Waals surface area contributed by atoms with Crippen LogP contribution in [0.1, 0.15) is 19.8 Å². The third-order valence-corrected chi connectivity index (χ3v) is 4.15. The van der Waals surface area contributed by atoms with Crippen LogP contribution in [0, 0.1) is 0 Å². The first-order valence-electron chi connectivity index (χ1n) is 5.52. The zero-order chi connectivity index (χ0) is 11.2. The van der Waals surface area contributed by atoms with Crippen LogP contribution in [0.4, 0.5) is 5.69 Å². The Balaban J connectivity index is 2.01. The third kappa shape index (κ3) is 3.22. The van der Waals surface area contributed by atoms with Gasteiger partial charge in [0.15, 0.2) is 0 Å². The second kappa shape index (κ2) is 5.88. The number of aliphatic imine (C=N–C) groups is 1. The van der Waals surface area contributed by atoms with Crippen molar-refractivity contribution in [3.8, 4) is 0 Å². The summed E-state index contributed by atoms with van der Waals surface area (Å²) in [6, 6.07) is 9.99. The molecule has 1 aromatic carbocycles. The molecule has 3 heteroatoms. The summed E-state index contributed by atoms with van der Waals surface area (Å²) >= 11 is 0.297. The van der Waals surface area contributed by atoms with Gasteiger partial charge in [-0.1, -0.05) is 0 Å². The number of hydrogen-bond acceptors (Lipinski definition) is 2. The molecule has 1 heterocycles. The van der Waals surface area contributed by atoms with E-state index >= 15 is 0 Å². The average molecular weight is 280 g/mol. The van der Waals surface area contributed by atoms with Crippen LogP contribution in [0.2, 0.25) is 0 Å². The Hall–Kier alpha value is -1.05. The van der Waals surface area contributed by atoms with Gasteiger partial charge in [-0.15, -0.1) is 0 Å². The van der Waals surface area contributed by atoms with Crippen LogP contribution in [0.5, 0.6) is 0 Å². The summed E-state index contributed by atoms with van der Waals surface area (Å²) < 4.78 is 7.00. The van der Waals surface area contributed by atoms with Gasteiger partial charge in [-0.3, -0.25) is 0 Å². The van der Waals surface area contributed by atoms with Crippen LogP contribution in [-0.4, -0.2) is 26.4 Å². The number of benzene rings is 1. The first-order valence-corrected chi connectivity index (χ1v) is 7.23. The SMILES string of the molecule is CCC/C=C1\COC(=Nc2ccccc2)[Se]1. The predicted molar refractivity (Wildman–Crippen MR) is 68.2 cm³/mol. The number of rotatable bonds is 3. The molecular formula is C13H15NOSe. The number of para-hydroxylation sites is 1. The van der Waals surface area contributed by atoms with Crippen molar-refractivity contribution in [3.63, 3.8) is 0 Å². The van der Waals surface area contributed by atoms with E-state index < -0.39 is 0 Å². The molecule has 0 saturated carbocycles. The Morgan fingerprint density at radius 3 is 2.94 bits per heavy atom. The Labute approximate surface area is 103 Å². The summed E-state index contributed by atoms with van der Waals surface area (Å²) in [6.07, 6.45) is 4.65. The minimum atomic E-state index is 0.297. The monoisotopic (exact) mass is 281 g/mol. The van der Waals surface area contributed by atoms with Crippen molar-refractivity contribution in [1.29, 1.82) is 0 Å². The van der Waals surface area contributed by atoms with Gasteiger partial charge in [0.05, 0.1) is 0 Å². The molecule has 0 spiro atoms. The van der Waals surface area contributed by atoms with E-state index in [0.29, 0.717) is 15.0 Å². The molecule has 1 aromatic rings. The van der Waals surface area contributed by atoms with Crippen LogP contribution in [0.25, 0.3) is 0 Å². The topological polar surface area (TPSA) is 21.6 Å². The van der Waals surface area contributed by atoms with Crippen molar-refractivity contribution in [2.45, 2.75) is 19.8 Å². The molecule has 1 aliphatic rings. The molecule has 0 amide bonds. The van der Waals surface area contributed by atoms with Crippen molar-refractivity contribution in [1.82, 2.24) is 0 Å². The number of hydrogen-bond donors (Lipinski definition) is 0. The molecule has 84 valence electrons. The molecule has 0 unspecified atom stereocenters. The molecule has 1 fully saturated rings. The zero-order valence-electron chi connectivity index (χ0n) is 9.35. The first kappa shape index (κ1) is 11.4. The van der Waals surface area contributed by atoms with E-state index in [2.05, 4.69) is 18.0 Å². The van der Waals surface area contributed by atoms with E-state index in [4.69, 9.17) is 4.74 Å². The molecule has 0 bridgehead atoms. The van der Waals surface area contributed by atoms with Gasteiger partial charge in [-0.25, -0.2) is 0 Å². The summed E-state index contributed by atoms with van der Waals surface area (Å²) in [7, 11) is 0. The van der Waals surface area contributed by atoms with Crippen LogP contribution in [0.3, 0.4) is 0 Å². The summed E-state index contributed by atoms with van der Waals surface area (Å²) in [4.78, 5) is 5.40. The van der Waals surface area contributed by atoms with Gasteiger partial charge >= 0.3 is 102 Å². The molecule has 1 aliphatic heterocycles. The van der Waals surface area contributed by atoms with E-state index in [0.717, 1.165) is 23.5 Å². The fraction of sp³-hybridized carbons (Fsp3) is 0.308. The van der Waals surface area contributed by atoms with E-state index in [1.54, 1.807) is 0 Å². The zero-order valence-corrected chi connectivity index (χ0v) is 11.1. The van der Waals surface area contributed by atoms with Gasteiger partial charge in [0, 0.05) is 0 Å². The maximum atomic E-state index is 5.58. The molecule has 1 saturated heterocycles. The quantitative estimate of drug-likeness (QED) is 0.780. The van der Waals surface area contributed by atoms with Crippen LogP contribution in [0.15, 0.2) is 45.9 Å². The fourth-order valence-electron chi connectivity index (χ4n) is 1.37. The Kier molecular flexibility index (Phi) is 4.20. The molecule has 0 atom stereocenters. The van der Waals surface area contributed by atoms with Crippen LogP contribution in [-0.2, 0) is 4.74 Å². The van der Waals surface area contributed by atoms with Crippen LogP contribution < -0.4 is 0 Å². The van der Waals surface area contributed by atoms with Crippen molar-refractivity contribution >= 4 is 25.4 Å². The molecule has 2 nitrogen and oxygen atoms in total. The Bertz CT molecular complexity index is 398. The number of unbranched alkanes of at least 4 members (excludes halogenated alkanes) is 1. The van der Waals surface area contributed by atoms with Crippen molar-refractivity contribution in [2.75, 3.05) is 6.61 Å². The van der Waals surface area contributed by atoms with Crippen molar-refractivity contribution in [2.24, 2.45) is 4.99 Å². The summed E-state index contributed by atoms with van der Waals surface area (Å²) in [5.74, 6) is 0. The molecule has 0 N–H and O–H groups in total. The second-order valence-corrected chi connectivity index (χ2v) is 5.82. The molecule has 16 heavy (non-hydrogen) atoms. The summed E-state index contributed by atoms with van der Waals surface area (Å²) in [6.45, 7) is 2.94. The molecule has 0 radical (unpaired) electrons. The van der Waals surface area contributed by atoms with E-state index in [9.17, 15) is 0 Å². The van der Waals surface area contributed by atoms with E-state index in [1.165, 1.54) is 10.9 Å². The molecule has 0 aromatic heterocycles. The standard InChI is InChI=1S/C13H15NOSe/c1-2-3-9-12-10-15-13(16-12)14-11-7-5-4-6-8-11/h4-9H,2-3,10H2,1H3/b12-9+,14-13?. The van der Waals surface area contributed by atoms with Gasteiger partial charge in [0.25, 0.3) is 0 Å². The van der Waals surface area contributed by atoms with Gasteiger partial charge in [0.1, 0.15) is 0 Å². The van der Waals surface area contributed by atoms with E-state index in [1.807, 2.05) is 30.3 Å². The predicted octanol–water partition coefficient (Wildman–Crippen LogP) is 3.09. The Morgan fingerprint density at radius 2 is 2.19 bits per heavy atom. The number of allylic oxidation sites excluding steroid dienone is 1. The van der Waals surface area contributed by atoms with Crippen LogP contribution >= 0.6 is 0 Å². The second-order valence-electron chi connectivity index (χ2n) is 3.56. The van der Waals surface area contributed by atoms with Crippen molar-refractivity contribution in [3.05, 3.63) is 40.9 Å². The number of ether oxygens (including phenoxy) is 1. The molecule has 2 rings (SSSR count). The first-order chi connectivity index (χ1) is 7.88. The van der Waals surface area contributed by atoms with Gasteiger partial charge in [-0.05, 0) is 0 Å². The number of nitrogens with zero attached hydrogens (tertiary/aromatic N) is 1. The van der Waals surface area contributed by atoms with E-state index in [-0.39, 0.29) is 0 Å². The normalized spacial score (nSPS) is 20.3. The van der Waals surface area contributed by atoms with Gasteiger partial charge < -0.3 is 0 Å². The average Bonchev–Trinajstić information content (AvgIpc) is 2.75. The summed E-state index contributed by atoms with van der Waals surface area (Å²) in [5, 5.41) is 0. The fourth-order valence-corrected chi connectivity index (χ4v) is 3.08. The third-order valence-electron chi connectivity index (χ3n) is 2.19. The van der Waals surface area contributed by atoms with Gasteiger partial charge in [-0.2, -0.15) is 0 Å². The van der Waals surface area contributed by atoms with Crippen molar-refractivity contribution < 1.29 is 4.74 Å². The minimum absolute atomic E-state index is 0.297. The maximum absolute atomic E-state index is 5.58. The molecular weight excluding hydrogens is 265 g/mol. The Morgan fingerprint density at radius 1 is 1.38 bits per heavy atom. The molecule has 0 aliphatic carbocycles.